The number of methoxy groups -OCH3 is 3. The highest BCUT2D eigenvalue weighted by Gasteiger charge is 2.13. The van der Waals surface area contributed by atoms with E-state index in [1.807, 2.05) is 36.4 Å². The van der Waals surface area contributed by atoms with Gasteiger partial charge < -0.3 is 24.8 Å². The van der Waals surface area contributed by atoms with Gasteiger partial charge in [-0.3, -0.25) is 4.99 Å². The van der Waals surface area contributed by atoms with E-state index < -0.39 is 0 Å². The van der Waals surface area contributed by atoms with Crippen molar-refractivity contribution in [2.24, 2.45) is 4.99 Å². The number of aliphatic imine (C=N–C) groups is 1. The molecule has 0 aliphatic rings. The van der Waals surface area contributed by atoms with E-state index in [0.717, 1.165) is 29.1 Å². The van der Waals surface area contributed by atoms with E-state index in [1.54, 1.807) is 28.4 Å². The molecule has 0 amide bonds. The Kier molecular flexibility index (Phi) is 10.8. The first kappa shape index (κ1) is 24.2. The molecular weight excluding hydrogens is 493 g/mol. The van der Waals surface area contributed by atoms with Crippen LogP contribution in [0.4, 0.5) is 0 Å². The quantitative estimate of drug-likeness (QED) is 0.315. The fraction of sp³-hybridized carbons (Fsp3) is 0.350. The maximum atomic E-state index is 6.19. The lowest BCUT2D eigenvalue weighted by molar-refractivity contribution is 0.323. The molecule has 0 bridgehead atoms. The van der Waals surface area contributed by atoms with Crippen molar-refractivity contribution >= 4 is 41.5 Å². The molecule has 0 saturated heterocycles. The van der Waals surface area contributed by atoms with Gasteiger partial charge in [-0.2, -0.15) is 0 Å². The molecule has 0 aliphatic heterocycles. The van der Waals surface area contributed by atoms with Crippen molar-refractivity contribution in [2.45, 2.75) is 13.0 Å². The molecule has 2 rings (SSSR count). The van der Waals surface area contributed by atoms with Crippen molar-refractivity contribution in [1.82, 2.24) is 10.6 Å². The Hall–Kier alpha value is -1.87. The summed E-state index contributed by atoms with van der Waals surface area (Å²) < 4.78 is 16.1. The van der Waals surface area contributed by atoms with E-state index in [9.17, 15) is 0 Å². The number of rotatable bonds is 8. The molecule has 0 aromatic heterocycles. The van der Waals surface area contributed by atoms with Crippen molar-refractivity contribution in [3.63, 3.8) is 0 Å². The molecule has 0 heterocycles. The van der Waals surface area contributed by atoms with Gasteiger partial charge in [-0.05, 0) is 35.7 Å². The summed E-state index contributed by atoms with van der Waals surface area (Å²) in [6, 6.07) is 11.6. The van der Waals surface area contributed by atoms with E-state index in [-0.39, 0.29) is 24.0 Å². The lowest BCUT2D eigenvalue weighted by Gasteiger charge is -2.16. The molecule has 28 heavy (non-hydrogen) atoms. The van der Waals surface area contributed by atoms with Crippen LogP contribution in [0.1, 0.15) is 11.1 Å². The van der Waals surface area contributed by atoms with Gasteiger partial charge in [0.15, 0.2) is 17.5 Å². The molecule has 0 unspecified atom stereocenters. The van der Waals surface area contributed by atoms with Crippen molar-refractivity contribution in [3.8, 4) is 17.2 Å². The van der Waals surface area contributed by atoms with E-state index in [4.69, 9.17) is 25.8 Å². The summed E-state index contributed by atoms with van der Waals surface area (Å²) in [4.78, 5) is 4.25. The Morgan fingerprint density at radius 2 is 1.64 bits per heavy atom. The second-order valence-corrected chi connectivity index (χ2v) is 6.13. The van der Waals surface area contributed by atoms with Crippen LogP contribution in [0.2, 0.25) is 5.02 Å². The highest BCUT2D eigenvalue weighted by Crippen LogP contribution is 2.38. The number of nitrogens with one attached hydrogen (secondary N) is 2. The number of hydrogen-bond donors (Lipinski definition) is 2. The monoisotopic (exact) mass is 519 g/mol. The zero-order valence-corrected chi connectivity index (χ0v) is 19.6. The molecule has 6 nitrogen and oxygen atoms in total. The molecule has 0 radical (unpaired) electrons. The van der Waals surface area contributed by atoms with Crippen LogP contribution in [-0.2, 0) is 13.0 Å². The molecule has 0 fully saturated rings. The zero-order chi connectivity index (χ0) is 19.6. The standard InChI is InChI=1S/C20H26ClN3O3.HI/c1-22-20(23-10-9-15-7-5-6-8-16(15)21)24-13-14-11-17(25-2)19(27-4)18(12-14)26-3;/h5-8,11-12H,9-10,13H2,1-4H3,(H2,22,23,24);1H. The molecular formula is C20H27ClIN3O3. The summed E-state index contributed by atoms with van der Waals surface area (Å²) in [5.74, 6) is 2.52. The molecule has 2 aromatic rings. The Morgan fingerprint density at radius 1 is 1.00 bits per heavy atom. The summed E-state index contributed by atoms with van der Waals surface area (Å²) in [6.45, 7) is 1.28. The minimum atomic E-state index is 0. The van der Waals surface area contributed by atoms with Crippen LogP contribution in [0.15, 0.2) is 41.4 Å². The number of benzene rings is 2. The molecule has 2 aromatic carbocycles. The number of ether oxygens (including phenoxy) is 3. The average molecular weight is 520 g/mol. The normalized spacial score (nSPS) is 10.7. The van der Waals surface area contributed by atoms with Crippen LogP contribution in [0.5, 0.6) is 17.2 Å². The largest absolute Gasteiger partial charge is 0.493 e. The van der Waals surface area contributed by atoms with Crippen LogP contribution in [-0.4, -0.2) is 40.9 Å². The van der Waals surface area contributed by atoms with Gasteiger partial charge in [-0.1, -0.05) is 29.8 Å². The van der Waals surface area contributed by atoms with Gasteiger partial charge in [0.1, 0.15) is 0 Å². The SMILES string of the molecule is CN=C(NCCc1ccccc1Cl)NCc1cc(OC)c(OC)c(OC)c1.I. The Labute approximate surface area is 188 Å². The van der Waals surface area contributed by atoms with E-state index in [2.05, 4.69) is 15.6 Å². The third-order valence-electron chi connectivity index (χ3n) is 4.05. The summed E-state index contributed by atoms with van der Waals surface area (Å²) in [6.07, 6.45) is 0.810. The van der Waals surface area contributed by atoms with Crippen LogP contribution < -0.4 is 24.8 Å². The summed E-state index contributed by atoms with van der Waals surface area (Å²) in [5, 5.41) is 7.35. The summed E-state index contributed by atoms with van der Waals surface area (Å²) >= 11 is 6.19. The predicted molar refractivity (Wildman–Crippen MR) is 125 cm³/mol. The smallest absolute Gasteiger partial charge is 0.203 e. The van der Waals surface area contributed by atoms with Gasteiger partial charge in [0.25, 0.3) is 0 Å². The second kappa shape index (κ2) is 12.6. The molecule has 0 atom stereocenters. The molecule has 0 aliphatic carbocycles. The lowest BCUT2D eigenvalue weighted by atomic mass is 10.1. The van der Waals surface area contributed by atoms with Crippen LogP contribution in [0, 0.1) is 0 Å². The Bertz CT molecular complexity index is 762. The van der Waals surface area contributed by atoms with Crippen LogP contribution in [0.25, 0.3) is 0 Å². The highest BCUT2D eigenvalue weighted by molar-refractivity contribution is 14.0. The third kappa shape index (κ3) is 6.63. The van der Waals surface area contributed by atoms with E-state index >= 15 is 0 Å². The van der Waals surface area contributed by atoms with Gasteiger partial charge in [0, 0.05) is 25.2 Å². The van der Waals surface area contributed by atoms with Crippen molar-refractivity contribution in [1.29, 1.82) is 0 Å². The van der Waals surface area contributed by atoms with Gasteiger partial charge >= 0.3 is 0 Å². The predicted octanol–water partition coefficient (Wildman–Crippen LogP) is 3.89. The minimum Gasteiger partial charge on any atom is -0.493 e. The summed E-state index contributed by atoms with van der Waals surface area (Å²) in [7, 11) is 6.52. The van der Waals surface area contributed by atoms with Crippen molar-refractivity contribution in [2.75, 3.05) is 34.9 Å². The fourth-order valence-electron chi connectivity index (χ4n) is 2.66. The molecule has 0 saturated carbocycles. The van der Waals surface area contributed by atoms with Crippen LogP contribution >= 0.6 is 35.6 Å². The van der Waals surface area contributed by atoms with Gasteiger partial charge in [0.05, 0.1) is 21.3 Å². The highest BCUT2D eigenvalue weighted by atomic mass is 127. The maximum Gasteiger partial charge on any atom is 0.203 e. The first-order chi connectivity index (χ1) is 13.1. The molecule has 8 heteroatoms. The topological polar surface area (TPSA) is 64.1 Å². The van der Waals surface area contributed by atoms with Gasteiger partial charge in [0.2, 0.25) is 5.75 Å². The zero-order valence-electron chi connectivity index (χ0n) is 16.5. The lowest BCUT2D eigenvalue weighted by Crippen LogP contribution is -2.37. The first-order valence-corrected chi connectivity index (χ1v) is 8.97. The second-order valence-electron chi connectivity index (χ2n) is 5.73. The fourth-order valence-corrected chi connectivity index (χ4v) is 2.89. The Morgan fingerprint density at radius 3 is 2.18 bits per heavy atom. The van der Waals surface area contributed by atoms with Gasteiger partial charge in [-0.15, -0.1) is 24.0 Å². The number of halogens is 2. The molecule has 2 N–H and O–H groups in total. The number of nitrogens with zero attached hydrogens (tertiary/aromatic N) is 1. The van der Waals surface area contributed by atoms with Crippen molar-refractivity contribution < 1.29 is 14.2 Å². The Balaban J connectivity index is 0.00000392. The number of hydrogen-bond acceptors (Lipinski definition) is 4. The minimum absolute atomic E-state index is 0. The molecule has 0 spiro atoms. The van der Waals surface area contributed by atoms with Gasteiger partial charge in [-0.25, -0.2) is 0 Å². The van der Waals surface area contributed by atoms with Crippen molar-refractivity contribution in [3.05, 3.63) is 52.5 Å². The average Bonchev–Trinajstić information content (AvgIpc) is 2.70. The first-order valence-electron chi connectivity index (χ1n) is 8.59. The third-order valence-corrected chi connectivity index (χ3v) is 4.42. The maximum absolute atomic E-state index is 6.19. The van der Waals surface area contributed by atoms with Crippen LogP contribution in [0.3, 0.4) is 0 Å². The molecule has 154 valence electrons. The summed E-state index contributed by atoms with van der Waals surface area (Å²) in [5.41, 5.74) is 2.09. The van der Waals surface area contributed by atoms with E-state index in [0.29, 0.717) is 29.8 Å². The number of guanidine groups is 1. The van der Waals surface area contributed by atoms with E-state index in [1.165, 1.54) is 0 Å².